The van der Waals surface area contributed by atoms with Crippen LogP contribution in [0.25, 0.3) is 33.5 Å². The Balaban J connectivity index is 1.38. The van der Waals surface area contributed by atoms with Gasteiger partial charge in [0, 0.05) is 62.1 Å². The summed E-state index contributed by atoms with van der Waals surface area (Å²) in [5.41, 5.74) is 3.72. The predicted octanol–water partition coefficient (Wildman–Crippen LogP) is 2.33. The largest absolute Gasteiger partial charge is 0.462 e. The minimum absolute atomic E-state index is 0.325. The van der Waals surface area contributed by atoms with E-state index >= 15 is 0 Å². The van der Waals surface area contributed by atoms with Gasteiger partial charge in [-0.05, 0) is 30.7 Å². The number of nitrogens with one attached hydrogen (secondary N) is 3. The number of nitrogens with zero attached hydrogens (tertiary/aromatic N) is 6. The Morgan fingerprint density at radius 2 is 1.89 bits per heavy atom. The normalized spacial score (nSPS) is 14.0. The molecule has 1 aromatic carbocycles. The monoisotopic (exact) mass is 489 g/mol. The van der Waals surface area contributed by atoms with Gasteiger partial charge in [-0.2, -0.15) is 0 Å². The summed E-state index contributed by atoms with van der Waals surface area (Å²) in [6.07, 6.45) is 6.79. The first-order valence-corrected chi connectivity index (χ1v) is 11.8. The highest BCUT2D eigenvalue weighted by molar-refractivity contribution is 5.97. The molecule has 0 radical (unpaired) electrons. The summed E-state index contributed by atoms with van der Waals surface area (Å²) in [5.74, 6) is 0.854. The summed E-state index contributed by atoms with van der Waals surface area (Å²) in [6.45, 7) is 6.99. The third-order valence-corrected chi connectivity index (χ3v) is 5.67. The number of hydrogen-bond donors (Lipinski definition) is 3. The molecule has 36 heavy (non-hydrogen) atoms. The van der Waals surface area contributed by atoms with E-state index in [9.17, 15) is 4.79 Å². The highest BCUT2D eigenvalue weighted by Gasteiger charge is 2.16. The average Bonchev–Trinajstić information content (AvgIpc) is 3.32. The van der Waals surface area contributed by atoms with Crippen LogP contribution in [0, 0.1) is 0 Å². The second-order valence-corrected chi connectivity index (χ2v) is 8.12. The third-order valence-electron chi connectivity index (χ3n) is 5.67. The topological polar surface area (TPSA) is 143 Å². The first-order valence-electron chi connectivity index (χ1n) is 11.8. The molecule has 1 fully saturated rings. The number of imidazole rings is 1. The third kappa shape index (κ3) is 5.56. The van der Waals surface area contributed by atoms with Crippen molar-refractivity contribution in [3.8, 4) is 28.5 Å². The van der Waals surface area contributed by atoms with E-state index < -0.39 is 0 Å². The molecule has 186 valence electrons. The molecule has 1 saturated heterocycles. The molecule has 4 heterocycles. The molecule has 3 N–H and O–H groups in total. The van der Waals surface area contributed by atoms with E-state index in [2.05, 4.69) is 45.4 Å². The highest BCUT2D eigenvalue weighted by Crippen LogP contribution is 2.32. The number of rotatable bonds is 8. The minimum atomic E-state index is -0.341. The van der Waals surface area contributed by atoms with Crippen molar-refractivity contribution < 1.29 is 14.3 Å². The molecule has 0 bridgehead atoms. The predicted molar refractivity (Wildman–Crippen MR) is 134 cm³/mol. The smallest absolute Gasteiger partial charge is 0.321 e. The number of hydrogen-bond acceptors (Lipinski definition) is 9. The molecule has 0 unspecified atom stereocenters. The molecule has 3 aromatic heterocycles. The molecule has 4 aromatic rings. The number of amides is 2. The van der Waals surface area contributed by atoms with Crippen LogP contribution < -0.4 is 15.4 Å². The van der Waals surface area contributed by atoms with Crippen molar-refractivity contribution >= 4 is 23.0 Å². The summed E-state index contributed by atoms with van der Waals surface area (Å²) >= 11 is 0. The average molecular weight is 490 g/mol. The lowest BCUT2D eigenvalue weighted by molar-refractivity contribution is 0.0317. The van der Waals surface area contributed by atoms with E-state index in [0.717, 1.165) is 49.5 Å². The number of aromatic nitrogens is 6. The second-order valence-electron chi connectivity index (χ2n) is 8.12. The molecule has 1 aliphatic rings. The van der Waals surface area contributed by atoms with Crippen LogP contribution in [0.4, 0.5) is 10.7 Å². The molecule has 0 atom stereocenters. The van der Waals surface area contributed by atoms with Crippen molar-refractivity contribution in [1.29, 1.82) is 0 Å². The molecule has 12 nitrogen and oxygen atoms in total. The van der Waals surface area contributed by atoms with Gasteiger partial charge in [-0.1, -0.05) is 0 Å². The van der Waals surface area contributed by atoms with Crippen LogP contribution in [0.5, 0.6) is 6.01 Å². The summed E-state index contributed by atoms with van der Waals surface area (Å²) in [6, 6.07) is 5.59. The Morgan fingerprint density at radius 1 is 1.11 bits per heavy atom. The van der Waals surface area contributed by atoms with Crippen LogP contribution >= 0.6 is 0 Å². The van der Waals surface area contributed by atoms with Gasteiger partial charge >= 0.3 is 12.0 Å². The second kappa shape index (κ2) is 11.1. The number of fused-ring (bicyclic) bond motifs is 1. The fourth-order valence-corrected chi connectivity index (χ4v) is 3.90. The zero-order valence-electron chi connectivity index (χ0n) is 19.9. The molecular weight excluding hydrogens is 462 g/mol. The maximum Gasteiger partial charge on any atom is 0.321 e. The number of carbonyl (C=O) groups is 1. The van der Waals surface area contributed by atoms with Gasteiger partial charge in [0.2, 0.25) is 5.95 Å². The molecule has 0 saturated carbocycles. The lowest BCUT2D eigenvalue weighted by Gasteiger charge is -2.26. The van der Waals surface area contributed by atoms with Gasteiger partial charge in [-0.25, -0.2) is 29.7 Å². The van der Waals surface area contributed by atoms with E-state index in [4.69, 9.17) is 9.47 Å². The molecular formula is C24H27N9O3. The van der Waals surface area contributed by atoms with Gasteiger partial charge in [0.15, 0.2) is 5.82 Å². The van der Waals surface area contributed by atoms with Crippen molar-refractivity contribution in [2.75, 3.05) is 51.3 Å². The fourth-order valence-electron chi connectivity index (χ4n) is 3.90. The van der Waals surface area contributed by atoms with Gasteiger partial charge in [0.05, 0.1) is 24.2 Å². The van der Waals surface area contributed by atoms with E-state index in [-0.39, 0.29) is 6.03 Å². The van der Waals surface area contributed by atoms with Crippen LogP contribution in [-0.4, -0.2) is 86.8 Å². The van der Waals surface area contributed by atoms with E-state index in [0.29, 0.717) is 42.0 Å². The highest BCUT2D eigenvalue weighted by atomic mass is 16.5. The number of benzene rings is 1. The van der Waals surface area contributed by atoms with E-state index in [1.54, 1.807) is 30.9 Å². The first kappa shape index (κ1) is 23.6. The van der Waals surface area contributed by atoms with Crippen molar-refractivity contribution in [3.05, 3.63) is 43.0 Å². The number of morpholine rings is 1. The van der Waals surface area contributed by atoms with Crippen molar-refractivity contribution in [1.82, 2.24) is 40.1 Å². The zero-order valence-corrected chi connectivity index (χ0v) is 19.9. The molecule has 2 amide bonds. The van der Waals surface area contributed by atoms with Crippen molar-refractivity contribution in [3.63, 3.8) is 0 Å². The number of aromatic amines is 1. The quantitative estimate of drug-likeness (QED) is 0.340. The SMILES string of the molecule is CCNC(=O)Nc1nc2cc(-c3cnc(OCCN4CCOCC4)nc3)cc(-c3ncccn3)c2[nH]1. The van der Waals surface area contributed by atoms with Crippen molar-refractivity contribution in [2.24, 2.45) is 0 Å². The zero-order chi connectivity index (χ0) is 24.7. The van der Waals surface area contributed by atoms with Crippen LogP contribution in [0.3, 0.4) is 0 Å². The Hall–Kier alpha value is -4.16. The number of carbonyl (C=O) groups excluding carboxylic acids is 1. The Morgan fingerprint density at radius 3 is 2.64 bits per heavy atom. The summed E-state index contributed by atoms with van der Waals surface area (Å²) < 4.78 is 11.1. The Labute approximate surface area is 207 Å². The lowest BCUT2D eigenvalue weighted by Crippen LogP contribution is -2.38. The Kier molecular flexibility index (Phi) is 7.24. The maximum absolute atomic E-state index is 12.0. The minimum Gasteiger partial charge on any atom is -0.462 e. The first-order chi connectivity index (χ1) is 17.7. The molecule has 0 aliphatic carbocycles. The van der Waals surface area contributed by atoms with Gasteiger partial charge in [-0.15, -0.1) is 0 Å². The summed E-state index contributed by atoms with van der Waals surface area (Å²) in [7, 11) is 0. The Bertz CT molecular complexity index is 1310. The summed E-state index contributed by atoms with van der Waals surface area (Å²) in [5, 5.41) is 5.40. The number of anilines is 1. The molecule has 0 spiro atoms. The van der Waals surface area contributed by atoms with Gasteiger partial charge in [0.1, 0.15) is 6.61 Å². The number of H-pyrrole nitrogens is 1. The standard InChI is InChI=1S/C24H27N9O3/c1-2-25-23(34)32-22-30-19-13-16(12-18(20(19)31-22)21-26-4-3-5-27-21)17-14-28-24(29-15-17)36-11-8-33-6-9-35-10-7-33/h3-5,12-15H,2,6-11H2,1H3,(H3,25,30,31,32,34). The lowest BCUT2D eigenvalue weighted by atomic mass is 10.0. The molecule has 12 heteroatoms. The van der Waals surface area contributed by atoms with Gasteiger partial charge in [-0.3, -0.25) is 10.2 Å². The van der Waals surface area contributed by atoms with Crippen LogP contribution in [0.15, 0.2) is 43.0 Å². The molecule has 5 rings (SSSR count). The van der Waals surface area contributed by atoms with Crippen LogP contribution in [-0.2, 0) is 4.74 Å². The van der Waals surface area contributed by atoms with E-state index in [1.807, 2.05) is 19.1 Å². The van der Waals surface area contributed by atoms with Gasteiger partial charge in [0.25, 0.3) is 0 Å². The van der Waals surface area contributed by atoms with E-state index in [1.165, 1.54) is 0 Å². The number of ether oxygens (including phenoxy) is 2. The maximum atomic E-state index is 12.0. The van der Waals surface area contributed by atoms with Crippen molar-refractivity contribution in [2.45, 2.75) is 6.92 Å². The summed E-state index contributed by atoms with van der Waals surface area (Å²) in [4.78, 5) is 39.6. The van der Waals surface area contributed by atoms with Gasteiger partial charge < -0.3 is 19.8 Å². The fraction of sp³-hybridized carbons (Fsp3) is 0.333. The number of urea groups is 1. The molecule has 1 aliphatic heterocycles. The van der Waals surface area contributed by atoms with Crippen LogP contribution in [0.2, 0.25) is 0 Å². The van der Waals surface area contributed by atoms with Crippen LogP contribution in [0.1, 0.15) is 6.92 Å².